The average molecular weight is 603 g/mol. The normalized spacial score (nSPS) is 41.3. The fourth-order valence-electron chi connectivity index (χ4n) is 15.2. The fourth-order valence-corrected chi connectivity index (χ4v) is 15.2. The van der Waals surface area contributed by atoms with Crippen molar-refractivity contribution in [2.75, 3.05) is 14.2 Å². The molecule has 3 aromatic rings. The molecule has 0 radical (unpaired) electrons. The third-order valence-electron chi connectivity index (χ3n) is 16.4. The summed E-state index contributed by atoms with van der Waals surface area (Å²) in [6, 6.07) is 18.8. The molecule has 0 heterocycles. The molecule has 0 aromatic heterocycles. The van der Waals surface area contributed by atoms with Crippen LogP contribution in [0.2, 0.25) is 0 Å². The van der Waals surface area contributed by atoms with Crippen LogP contribution in [0.4, 0.5) is 0 Å². The average Bonchev–Trinajstić information content (AvgIpc) is 3.97. The lowest BCUT2D eigenvalue weighted by Crippen LogP contribution is -2.31. The molecular weight excluding hydrogens is 560 g/mol. The van der Waals surface area contributed by atoms with E-state index in [0.29, 0.717) is 47.3 Å². The number of allylic oxidation sites excluding steroid dienone is 4. The van der Waals surface area contributed by atoms with E-state index in [-0.39, 0.29) is 0 Å². The van der Waals surface area contributed by atoms with Gasteiger partial charge in [-0.15, -0.1) is 0 Å². The van der Waals surface area contributed by atoms with Gasteiger partial charge in [-0.2, -0.15) is 0 Å². The van der Waals surface area contributed by atoms with E-state index in [1.165, 1.54) is 62.9 Å². The Labute approximate surface area is 272 Å². The summed E-state index contributed by atoms with van der Waals surface area (Å²) in [6.07, 6.45) is 10.7. The van der Waals surface area contributed by atoms with Crippen LogP contribution in [0.25, 0.3) is 0 Å². The second-order valence-electron chi connectivity index (χ2n) is 17.1. The molecule has 10 aliphatic rings. The molecule has 2 fully saturated rings. The number of hydrogen-bond acceptors (Lipinski definition) is 2. The van der Waals surface area contributed by atoms with Gasteiger partial charge in [-0.1, -0.05) is 70.8 Å². The molecule has 0 spiro atoms. The highest BCUT2D eigenvalue weighted by Crippen LogP contribution is 2.77. The molecule has 12 atom stereocenters. The second kappa shape index (κ2) is 8.05. The van der Waals surface area contributed by atoms with Crippen LogP contribution in [0.3, 0.4) is 0 Å². The van der Waals surface area contributed by atoms with Crippen LogP contribution in [0.5, 0.6) is 11.5 Å². The molecule has 0 amide bonds. The van der Waals surface area contributed by atoms with Gasteiger partial charge in [-0.3, -0.25) is 0 Å². The van der Waals surface area contributed by atoms with Gasteiger partial charge in [0, 0.05) is 45.9 Å². The van der Waals surface area contributed by atoms with E-state index >= 15 is 0 Å². The summed E-state index contributed by atoms with van der Waals surface area (Å²) in [6.45, 7) is 0. The molecule has 0 unspecified atom stereocenters. The predicted octanol–water partition coefficient (Wildman–Crippen LogP) is 10.1. The summed E-state index contributed by atoms with van der Waals surface area (Å²) in [4.78, 5) is 0. The van der Waals surface area contributed by atoms with E-state index in [9.17, 15) is 0 Å². The first-order chi connectivity index (χ1) is 22.7. The standard InChI is InChI=1S/C44H42O2/c1-45-43-39-35-17-37(33-15-29-25-11-23(27(29)13-31(33)35)19-7-3-5-9-21(19)25)41(39)44(46-2)42-38-18-36(40(42)43)32-14-28-24-12-26(30(28)16-34(32)38)22-10-6-4-8-20(22)24/h3-10,23-26,31-38H,11-18H2,1-2H3/t23-,24+,25+,26-,31-,32+,33+,34-,35-,36+,37+,38-. The highest BCUT2D eigenvalue weighted by Gasteiger charge is 2.62. The van der Waals surface area contributed by atoms with Crippen LogP contribution in [-0.2, 0) is 0 Å². The fraction of sp³-hybridized carbons (Fsp3) is 0.500. The maximum absolute atomic E-state index is 6.65. The maximum Gasteiger partial charge on any atom is 0.126 e. The minimum Gasteiger partial charge on any atom is -0.496 e. The van der Waals surface area contributed by atoms with Crippen LogP contribution in [0, 0.1) is 23.7 Å². The van der Waals surface area contributed by atoms with Crippen molar-refractivity contribution >= 4 is 0 Å². The monoisotopic (exact) mass is 602 g/mol. The summed E-state index contributed by atoms with van der Waals surface area (Å²) in [5.41, 5.74) is 20.4. The van der Waals surface area contributed by atoms with Gasteiger partial charge in [0.05, 0.1) is 14.2 Å². The lowest BCUT2D eigenvalue weighted by atomic mass is 9.61. The number of benzene rings is 3. The summed E-state index contributed by atoms with van der Waals surface area (Å²) < 4.78 is 13.3. The molecule has 46 heavy (non-hydrogen) atoms. The van der Waals surface area contributed by atoms with Crippen molar-refractivity contribution in [1.82, 2.24) is 0 Å². The molecule has 8 bridgehead atoms. The van der Waals surface area contributed by atoms with E-state index in [1.54, 1.807) is 44.5 Å². The quantitative estimate of drug-likeness (QED) is 0.272. The molecule has 2 heteroatoms. The summed E-state index contributed by atoms with van der Waals surface area (Å²) >= 11 is 0. The zero-order valence-electron chi connectivity index (χ0n) is 27.0. The van der Waals surface area contributed by atoms with E-state index in [0.717, 1.165) is 23.7 Å². The topological polar surface area (TPSA) is 18.5 Å². The number of ether oxygens (including phenoxy) is 2. The Morgan fingerprint density at radius 2 is 0.696 bits per heavy atom. The number of rotatable bonds is 2. The van der Waals surface area contributed by atoms with Crippen LogP contribution < -0.4 is 9.47 Å². The second-order valence-corrected chi connectivity index (χ2v) is 17.1. The first kappa shape index (κ1) is 24.9. The van der Waals surface area contributed by atoms with Gasteiger partial charge in [0.15, 0.2) is 0 Å². The molecule has 0 N–H and O–H groups in total. The van der Waals surface area contributed by atoms with Crippen LogP contribution >= 0.6 is 0 Å². The van der Waals surface area contributed by atoms with Gasteiger partial charge in [-0.05, 0) is 121 Å². The third kappa shape index (κ3) is 2.55. The van der Waals surface area contributed by atoms with Crippen LogP contribution in [0.15, 0.2) is 70.8 Å². The zero-order chi connectivity index (χ0) is 29.7. The largest absolute Gasteiger partial charge is 0.496 e. The van der Waals surface area contributed by atoms with Gasteiger partial charge in [0.2, 0.25) is 0 Å². The Kier molecular flexibility index (Phi) is 4.35. The minimum absolute atomic E-state index is 0.639. The Morgan fingerprint density at radius 3 is 0.957 bits per heavy atom. The van der Waals surface area contributed by atoms with Crippen molar-refractivity contribution in [2.24, 2.45) is 23.7 Å². The molecule has 0 aliphatic heterocycles. The van der Waals surface area contributed by atoms with Gasteiger partial charge in [-0.25, -0.2) is 0 Å². The van der Waals surface area contributed by atoms with Gasteiger partial charge >= 0.3 is 0 Å². The van der Waals surface area contributed by atoms with Crippen molar-refractivity contribution in [2.45, 2.75) is 98.7 Å². The molecule has 230 valence electrons. The number of methoxy groups -OCH3 is 2. The smallest absolute Gasteiger partial charge is 0.126 e. The SMILES string of the molecule is COc1c2c(c(OC)c3c1[C@@H]1C[C@H]3[C@H]3CC4=C(C[C@H]31)[C@@H]1C[C@H]4c3ccccc31)[C@@H]1C[C@H]2[C@H]2CC3=C(C[C@H]21)[C@@H]1C[C@H]3c2ccccc21. The van der Waals surface area contributed by atoms with Gasteiger partial charge < -0.3 is 9.47 Å². The Hall–Kier alpha value is -3.26. The molecule has 2 nitrogen and oxygen atoms in total. The van der Waals surface area contributed by atoms with E-state index in [4.69, 9.17) is 9.47 Å². The van der Waals surface area contributed by atoms with Crippen molar-refractivity contribution in [1.29, 1.82) is 0 Å². The summed E-state index contributed by atoms with van der Waals surface area (Å²) in [5.74, 6) is 11.1. The molecule has 13 rings (SSSR count). The van der Waals surface area contributed by atoms with E-state index in [2.05, 4.69) is 48.5 Å². The molecule has 2 saturated carbocycles. The Balaban J connectivity index is 0.910. The Morgan fingerprint density at radius 1 is 0.413 bits per heavy atom. The summed E-state index contributed by atoms with van der Waals surface area (Å²) in [5, 5.41) is 0. The highest BCUT2D eigenvalue weighted by molar-refractivity contribution is 5.71. The molecular formula is C44H42O2. The maximum atomic E-state index is 6.65. The predicted molar refractivity (Wildman–Crippen MR) is 179 cm³/mol. The highest BCUT2D eigenvalue weighted by atomic mass is 16.5. The van der Waals surface area contributed by atoms with Crippen molar-refractivity contribution < 1.29 is 9.47 Å². The molecule has 0 saturated heterocycles. The van der Waals surface area contributed by atoms with E-state index < -0.39 is 0 Å². The Bertz CT molecular complexity index is 1750. The lowest BCUT2D eigenvalue weighted by Gasteiger charge is -2.44. The molecule has 10 aliphatic carbocycles. The van der Waals surface area contributed by atoms with Gasteiger partial charge in [0.1, 0.15) is 11.5 Å². The van der Waals surface area contributed by atoms with Crippen LogP contribution in [-0.4, -0.2) is 14.2 Å². The van der Waals surface area contributed by atoms with E-state index in [1.807, 2.05) is 36.5 Å². The number of fused-ring (bicyclic) bond motifs is 30. The lowest BCUT2D eigenvalue weighted by molar-refractivity contribution is 0.268. The third-order valence-corrected chi connectivity index (χ3v) is 16.4. The van der Waals surface area contributed by atoms with Crippen LogP contribution in [0.1, 0.15) is 143 Å². The van der Waals surface area contributed by atoms with Crippen molar-refractivity contribution in [3.8, 4) is 11.5 Å². The van der Waals surface area contributed by atoms with Crippen molar-refractivity contribution in [3.63, 3.8) is 0 Å². The first-order valence-corrected chi connectivity index (χ1v) is 18.7. The minimum atomic E-state index is 0.639. The molecule has 3 aromatic carbocycles. The number of hydrogen-bond donors (Lipinski definition) is 0. The first-order valence-electron chi connectivity index (χ1n) is 18.7. The summed E-state index contributed by atoms with van der Waals surface area (Å²) in [7, 11) is 4.00. The van der Waals surface area contributed by atoms with Crippen molar-refractivity contribution in [3.05, 3.63) is 115 Å². The van der Waals surface area contributed by atoms with Gasteiger partial charge in [0.25, 0.3) is 0 Å². The zero-order valence-corrected chi connectivity index (χ0v) is 27.0.